The Kier molecular flexibility index (Phi) is 5.52. The van der Waals surface area contributed by atoms with Crippen LogP contribution < -0.4 is 5.32 Å². The van der Waals surface area contributed by atoms with Crippen LogP contribution in [0, 0.1) is 12.3 Å². The van der Waals surface area contributed by atoms with E-state index in [2.05, 4.69) is 35.5 Å². The number of aromatic nitrogens is 8. The van der Waals surface area contributed by atoms with E-state index in [1.807, 2.05) is 68.8 Å². The van der Waals surface area contributed by atoms with Gasteiger partial charge in [0.1, 0.15) is 11.2 Å². The standard InChI is InChI=1S/C28H27N9O/c1-16-14-37(15-31-16)22-7-8-30-26-25(22)33-27(34-26)24-20-10-17(5-6-21(20)35-36-24)18-9-19(13-29-12-18)32-23(38)11-28(2,3)4/h5-10,12-15H,11H2,1-4H3,(H,32,38)(H,35,36)(H,30,33,34). The number of nitrogens with one attached hydrogen (secondary N) is 3. The third-order valence-corrected chi connectivity index (χ3v) is 6.19. The fraction of sp³-hybridized carbons (Fsp3) is 0.214. The Labute approximate surface area is 218 Å². The Morgan fingerprint density at radius 3 is 2.74 bits per heavy atom. The fourth-order valence-electron chi connectivity index (χ4n) is 4.51. The van der Waals surface area contributed by atoms with E-state index in [4.69, 9.17) is 4.98 Å². The Balaban J connectivity index is 1.36. The van der Waals surface area contributed by atoms with Gasteiger partial charge in [0, 0.05) is 36.0 Å². The topological polar surface area (TPSA) is 130 Å². The first-order chi connectivity index (χ1) is 18.2. The molecule has 0 aliphatic carbocycles. The molecule has 0 spiro atoms. The van der Waals surface area contributed by atoms with Crippen LogP contribution in [0.3, 0.4) is 0 Å². The number of amides is 1. The summed E-state index contributed by atoms with van der Waals surface area (Å²) in [5.74, 6) is 0.578. The molecular weight excluding hydrogens is 478 g/mol. The van der Waals surface area contributed by atoms with Crippen molar-refractivity contribution in [3.8, 4) is 28.3 Å². The van der Waals surface area contributed by atoms with Gasteiger partial charge in [0.25, 0.3) is 0 Å². The van der Waals surface area contributed by atoms with Crippen molar-refractivity contribution in [2.24, 2.45) is 5.41 Å². The quantitative estimate of drug-likeness (QED) is 0.286. The lowest BCUT2D eigenvalue weighted by molar-refractivity contribution is -0.117. The smallest absolute Gasteiger partial charge is 0.224 e. The summed E-state index contributed by atoms with van der Waals surface area (Å²) in [5, 5.41) is 11.5. The number of imidazole rings is 2. The second kappa shape index (κ2) is 8.91. The number of hydrogen-bond donors (Lipinski definition) is 3. The maximum absolute atomic E-state index is 12.4. The summed E-state index contributed by atoms with van der Waals surface area (Å²) >= 11 is 0. The Morgan fingerprint density at radius 1 is 1.08 bits per heavy atom. The number of anilines is 1. The number of pyridine rings is 2. The molecule has 0 unspecified atom stereocenters. The van der Waals surface area contributed by atoms with Crippen molar-refractivity contribution in [2.45, 2.75) is 34.1 Å². The molecular formula is C28H27N9O. The van der Waals surface area contributed by atoms with Gasteiger partial charge in [-0.2, -0.15) is 5.10 Å². The van der Waals surface area contributed by atoms with Crippen molar-refractivity contribution < 1.29 is 4.79 Å². The summed E-state index contributed by atoms with van der Waals surface area (Å²) in [7, 11) is 0. The lowest BCUT2D eigenvalue weighted by Crippen LogP contribution is -2.19. The lowest BCUT2D eigenvalue weighted by Gasteiger charge is -2.17. The van der Waals surface area contributed by atoms with Crippen molar-refractivity contribution in [2.75, 3.05) is 5.32 Å². The van der Waals surface area contributed by atoms with Crippen LogP contribution in [0.5, 0.6) is 0 Å². The van der Waals surface area contributed by atoms with Crippen molar-refractivity contribution in [3.63, 3.8) is 0 Å². The highest BCUT2D eigenvalue weighted by Crippen LogP contribution is 2.31. The number of aryl methyl sites for hydroxylation is 1. The number of nitrogens with zero attached hydrogens (tertiary/aromatic N) is 6. The predicted octanol–water partition coefficient (Wildman–Crippen LogP) is 5.43. The van der Waals surface area contributed by atoms with Crippen LogP contribution in [0.25, 0.3) is 50.4 Å². The monoisotopic (exact) mass is 505 g/mol. The molecule has 10 heteroatoms. The van der Waals surface area contributed by atoms with E-state index in [-0.39, 0.29) is 11.3 Å². The number of carbonyl (C=O) groups is 1. The second-order valence-electron chi connectivity index (χ2n) is 10.6. The largest absolute Gasteiger partial charge is 0.333 e. The molecule has 3 N–H and O–H groups in total. The molecule has 0 atom stereocenters. The summed E-state index contributed by atoms with van der Waals surface area (Å²) in [5.41, 5.74) is 7.20. The molecule has 190 valence electrons. The summed E-state index contributed by atoms with van der Waals surface area (Å²) in [6.07, 6.45) is 9.33. The minimum Gasteiger partial charge on any atom is -0.333 e. The summed E-state index contributed by atoms with van der Waals surface area (Å²) in [6, 6.07) is 9.88. The Bertz CT molecular complexity index is 1800. The van der Waals surface area contributed by atoms with Gasteiger partial charge in [-0.05, 0) is 42.2 Å². The SMILES string of the molecule is Cc1cn(-c2ccnc3nc(-c4n[nH]c5ccc(-c6cncc(NC(=O)CC(C)(C)C)c6)cc45)[nH]c23)cn1. The Hall–Kier alpha value is -4.86. The average Bonchev–Trinajstić information content (AvgIpc) is 3.60. The molecule has 0 fully saturated rings. The van der Waals surface area contributed by atoms with Gasteiger partial charge in [-0.1, -0.05) is 26.8 Å². The average molecular weight is 506 g/mol. The van der Waals surface area contributed by atoms with Gasteiger partial charge >= 0.3 is 0 Å². The molecule has 5 heterocycles. The first-order valence-corrected chi connectivity index (χ1v) is 12.3. The van der Waals surface area contributed by atoms with E-state index >= 15 is 0 Å². The van der Waals surface area contributed by atoms with E-state index in [0.717, 1.165) is 38.9 Å². The van der Waals surface area contributed by atoms with Crippen LogP contribution in [0.15, 0.2) is 61.4 Å². The highest BCUT2D eigenvalue weighted by Gasteiger charge is 2.18. The molecule has 0 saturated heterocycles. The molecule has 0 aliphatic heterocycles. The van der Waals surface area contributed by atoms with Crippen LogP contribution in [0.1, 0.15) is 32.9 Å². The van der Waals surface area contributed by atoms with E-state index < -0.39 is 0 Å². The van der Waals surface area contributed by atoms with E-state index in [1.54, 1.807) is 24.9 Å². The number of benzene rings is 1. The molecule has 6 rings (SSSR count). The van der Waals surface area contributed by atoms with Gasteiger partial charge in [0.15, 0.2) is 11.5 Å². The summed E-state index contributed by atoms with van der Waals surface area (Å²) < 4.78 is 1.95. The normalized spacial score (nSPS) is 11.9. The fourth-order valence-corrected chi connectivity index (χ4v) is 4.51. The van der Waals surface area contributed by atoms with Gasteiger partial charge in [-0.15, -0.1) is 0 Å². The van der Waals surface area contributed by atoms with Gasteiger partial charge in [0.2, 0.25) is 5.91 Å². The van der Waals surface area contributed by atoms with Gasteiger partial charge in [0.05, 0.1) is 35.1 Å². The third-order valence-electron chi connectivity index (χ3n) is 6.19. The minimum atomic E-state index is -0.0948. The molecule has 6 aromatic rings. The lowest BCUT2D eigenvalue weighted by atomic mass is 9.92. The maximum atomic E-state index is 12.4. The number of carbonyl (C=O) groups excluding carboxylic acids is 1. The van der Waals surface area contributed by atoms with Crippen molar-refractivity contribution in [3.05, 3.63) is 67.1 Å². The van der Waals surface area contributed by atoms with Crippen LogP contribution in [-0.2, 0) is 4.79 Å². The van der Waals surface area contributed by atoms with Crippen molar-refractivity contribution in [1.82, 2.24) is 39.7 Å². The van der Waals surface area contributed by atoms with E-state index in [0.29, 0.717) is 29.3 Å². The minimum absolute atomic E-state index is 0.0345. The molecule has 1 amide bonds. The predicted molar refractivity (Wildman–Crippen MR) is 147 cm³/mol. The number of rotatable bonds is 5. The molecule has 10 nitrogen and oxygen atoms in total. The van der Waals surface area contributed by atoms with Gasteiger partial charge in [-0.25, -0.2) is 15.0 Å². The highest BCUT2D eigenvalue weighted by atomic mass is 16.1. The molecule has 0 aliphatic rings. The van der Waals surface area contributed by atoms with Gasteiger partial charge in [-0.3, -0.25) is 14.9 Å². The van der Waals surface area contributed by atoms with Crippen LogP contribution in [0.2, 0.25) is 0 Å². The maximum Gasteiger partial charge on any atom is 0.224 e. The number of H-pyrrole nitrogens is 2. The molecule has 0 bridgehead atoms. The first kappa shape index (κ1) is 23.5. The third kappa shape index (κ3) is 4.52. The number of aromatic amines is 2. The second-order valence-corrected chi connectivity index (χ2v) is 10.6. The number of hydrogen-bond acceptors (Lipinski definition) is 6. The van der Waals surface area contributed by atoms with Crippen molar-refractivity contribution in [1.29, 1.82) is 0 Å². The zero-order chi connectivity index (χ0) is 26.4. The molecule has 38 heavy (non-hydrogen) atoms. The summed E-state index contributed by atoms with van der Waals surface area (Å²) in [6.45, 7) is 8.06. The molecule has 0 radical (unpaired) electrons. The zero-order valence-electron chi connectivity index (χ0n) is 21.6. The molecule has 5 aromatic heterocycles. The van der Waals surface area contributed by atoms with Crippen LogP contribution >= 0.6 is 0 Å². The molecule has 1 aromatic carbocycles. The highest BCUT2D eigenvalue weighted by molar-refractivity contribution is 5.96. The van der Waals surface area contributed by atoms with Gasteiger partial charge < -0.3 is 14.9 Å². The Morgan fingerprint density at radius 2 is 1.95 bits per heavy atom. The molecule has 0 saturated carbocycles. The van der Waals surface area contributed by atoms with Crippen LogP contribution in [-0.4, -0.2) is 45.6 Å². The first-order valence-electron chi connectivity index (χ1n) is 12.3. The van der Waals surface area contributed by atoms with Crippen LogP contribution in [0.4, 0.5) is 5.69 Å². The van der Waals surface area contributed by atoms with E-state index in [1.165, 1.54) is 0 Å². The zero-order valence-corrected chi connectivity index (χ0v) is 21.6. The summed E-state index contributed by atoms with van der Waals surface area (Å²) in [4.78, 5) is 33.7. The van der Waals surface area contributed by atoms with E-state index in [9.17, 15) is 4.79 Å². The van der Waals surface area contributed by atoms with Crippen molar-refractivity contribution >= 4 is 33.7 Å². The number of fused-ring (bicyclic) bond motifs is 2.